The van der Waals surface area contributed by atoms with Crippen molar-refractivity contribution in [3.63, 3.8) is 0 Å². The fourth-order valence-electron chi connectivity index (χ4n) is 2.02. The molecule has 1 heterocycles. The summed E-state index contributed by atoms with van der Waals surface area (Å²) in [7, 11) is 0. The number of halogens is 1. The third-order valence-corrected chi connectivity index (χ3v) is 3.25. The summed E-state index contributed by atoms with van der Waals surface area (Å²) in [5.41, 5.74) is 5.96. The van der Waals surface area contributed by atoms with Crippen molar-refractivity contribution in [3.8, 4) is 0 Å². The molecule has 1 aromatic heterocycles. The molecule has 0 fully saturated rings. The molecule has 0 radical (unpaired) electrons. The third-order valence-electron chi connectivity index (χ3n) is 3.25. The zero-order valence-electron chi connectivity index (χ0n) is 11.9. The van der Waals surface area contributed by atoms with Crippen molar-refractivity contribution in [2.75, 3.05) is 0 Å². The smallest absolute Gasteiger partial charge is 0.173 e. The summed E-state index contributed by atoms with van der Waals surface area (Å²) in [6.45, 7) is 4.11. The van der Waals surface area contributed by atoms with E-state index in [1.54, 1.807) is 12.1 Å². The Morgan fingerprint density at radius 3 is 2.81 bits per heavy atom. The van der Waals surface area contributed by atoms with Gasteiger partial charge in [0, 0.05) is 12.1 Å². The summed E-state index contributed by atoms with van der Waals surface area (Å²) in [6.07, 6.45) is 0. The van der Waals surface area contributed by atoms with Crippen molar-refractivity contribution in [1.29, 1.82) is 0 Å². The molecule has 0 aliphatic rings. The summed E-state index contributed by atoms with van der Waals surface area (Å²) >= 11 is 0. The largest absolute Gasteiger partial charge is 0.465 e. The molecule has 1 aromatic carbocycles. The molecule has 0 saturated heterocycles. The van der Waals surface area contributed by atoms with Crippen LogP contribution in [0.2, 0.25) is 0 Å². The molecular weight excluding hydrogens is 273 g/mol. The van der Waals surface area contributed by atoms with E-state index in [9.17, 15) is 4.39 Å². The second-order valence-electron chi connectivity index (χ2n) is 4.81. The predicted molar refractivity (Wildman–Crippen MR) is 77.6 cm³/mol. The number of oxime groups is 1. The third kappa shape index (κ3) is 3.41. The highest BCUT2D eigenvalue weighted by Crippen LogP contribution is 2.18. The van der Waals surface area contributed by atoms with E-state index in [2.05, 4.69) is 10.5 Å². The summed E-state index contributed by atoms with van der Waals surface area (Å²) in [5, 5.41) is 14.6. The van der Waals surface area contributed by atoms with E-state index in [0.29, 0.717) is 12.1 Å². The Labute approximate surface area is 122 Å². The van der Waals surface area contributed by atoms with E-state index < -0.39 is 5.82 Å². The van der Waals surface area contributed by atoms with Crippen LogP contribution in [0.15, 0.2) is 39.9 Å². The van der Waals surface area contributed by atoms with Crippen LogP contribution in [0.4, 0.5) is 4.39 Å². The van der Waals surface area contributed by atoms with Crippen LogP contribution in [0.1, 0.15) is 35.6 Å². The van der Waals surface area contributed by atoms with Crippen LogP contribution >= 0.6 is 0 Å². The van der Waals surface area contributed by atoms with Crippen molar-refractivity contribution >= 4 is 5.84 Å². The number of furan rings is 1. The predicted octanol–water partition coefficient (Wildman–Crippen LogP) is 2.67. The molecule has 112 valence electrons. The SMILES string of the molecule is Cc1ccc(C(C)NCc2cccc(/C(N)=N/O)c2F)o1. The number of nitrogens with zero attached hydrogens (tertiary/aromatic N) is 1. The van der Waals surface area contributed by atoms with Crippen LogP contribution in [-0.4, -0.2) is 11.0 Å². The molecule has 2 aromatic rings. The van der Waals surface area contributed by atoms with Crippen molar-refractivity contribution < 1.29 is 14.0 Å². The van der Waals surface area contributed by atoms with Crippen molar-refractivity contribution in [2.24, 2.45) is 10.9 Å². The van der Waals surface area contributed by atoms with E-state index in [1.165, 1.54) is 6.07 Å². The number of rotatable bonds is 5. The Hall–Kier alpha value is -2.34. The fraction of sp³-hybridized carbons (Fsp3) is 0.267. The Morgan fingerprint density at radius 2 is 2.19 bits per heavy atom. The van der Waals surface area contributed by atoms with Crippen molar-refractivity contribution in [1.82, 2.24) is 5.32 Å². The first-order chi connectivity index (χ1) is 10.0. The van der Waals surface area contributed by atoms with Gasteiger partial charge in [-0.25, -0.2) is 4.39 Å². The van der Waals surface area contributed by atoms with E-state index in [-0.39, 0.29) is 17.4 Å². The maximum absolute atomic E-state index is 14.2. The molecule has 0 saturated carbocycles. The molecule has 1 unspecified atom stereocenters. The van der Waals surface area contributed by atoms with Gasteiger partial charge >= 0.3 is 0 Å². The van der Waals surface area contributed by atoms with Gasteiger partial charge in [-0.3, -0.25) is 0 Å². The van der Waals surface area contributed by atoms with Crippen LogP contribution in [0.3, 0.4) is 0 Å². The van der Waals surface area contributed by atoms with E-state index in [0.717, 1.165) is 11.5 Å². The molecule has 4 N–H and O–H groups in total. The maximum atomic E-state index is 14.2. The number of amidine groups is 1. The first-order valence-corrected chi connectivity index (χ1v) is 6.58. The Balaban J connectivity index is 2.10. The maximum Gasteiger partial charge on any atom is 0.173 e. The minimum absolute atomic E-state index is 0.0504. The first kappa shape index (κ1) is 15.1. The van der Waals surface area contributed by atoms with Gasteiger partial charge in [0.25, 0.3) is 0 Å². The second-order valence-corrected chi connectivity index (χ2v) is 4.81. The average Bonchev–Trinajstić information content (AvgIpc) is 2.91. The lowest BCUT2D eigenvalue weighted by molar-refractivity contribution is 0.318. The minimum Gasteiger partial charge on any atom is -0.465 e. The second kappa shape index (κ2) is 6.41. The normalized spacial score (nSPS) is 13.4. The van der Waals surface area contributed by atoms with Crippen molar-refractivity contribution in [3.05, 3.63) is 58.8 Å². The van der Waals surface area contributed by atoms with Gasteiger partial charge in [0.1, 0.15) is 17.3 Å². The van der Waals surface area contributed by atoms with Gasteiger partial charge < -0.3 is 20.7 Å². The van der Waals surface area contributed by atoms with Crippen LogP contribution in [-0.2, 0) is 6.54 Å². The first-order valence-electron chi connectivity index (χ1n) is 6.58. The number of benzene rings is 1. The van der Waals surface area contributed by atoms with E-state index in [1.807, 2.05) is 26.0 Å². The molecule has 0 aliphatic carbocycles. The Bertz CT molecular complexity index is 652. The summed E-state index contributed by atoms with van der Waals surface area (Å²) < 4.78 is 19.7. The number of aryl methyl sites for hydroxylation is 1. The number of hydrogen-bond acceptors (Lipinski definition) is 4. The van der Waals surface area contributed by atoms with Gasteiger partial charge in [0.15, 0.2) is 5.84 Å². The molecule has 2 rings (SSSR count). The lowest BCUT2D eigenvalue weighted by Gasteiger charge is -2.13. The van der Waals surface area contributed by atoms with Crippen molar-refractivity contribution in [2.45, 2.75) is 26.4 Å². The Morgan fingerprint density at radius 1 is 1.43 bits per heavy atom. The number of hydrogen-bond donors (Lipinski definition) is 3. The molecule has 0 bridgehead atoms. The molecule has 0 amide bonds. The number of nitrogens with two attached hydrogens (primary N) is 1. The van der Waals surface area contributed by atoms with Crippen LogP contribution in [0.5, 0.6) is 0 Å². The van der Waals surface area contributed by atoms with Gasteiger partial charge in [-0.15, -0.1) is 0 Å². The summed E-state index contributed by atoms with van der Waals surface area (Å²) in [5.74, 6) is 0.881. The molecule has 0 aliphatic heterocycles. The van der Waals surface area contributed by atoms with Gasteiger partial charge in [-0.1, -0.05) is 17.3 Å². The fourth-order valence-corrected chi connectivity index (χ4v) is 2.02. The molecule has 6 heteroatoms. The van der Waals surface area contributed by atoms with Crippen LogP contribution in [0.25, 0.3) is 0 Å². The average molecular weight is 291 g/mol. The molecule has 5 nitrogen and oxygen atoms in total. The lowest BCUT2D eigenvalue weighted by Crippen LogP contribution is -2.20. The monoisotopic (exact) mass is 291 g/mol. The summed E-state index contributed by atoms with van der Waals surface area (Å²) in [6, 6.07) is 8.49. The standard InChI is InChI=1S/C15H18FN3O2/c1-9-6-7-13(21-9)10(2)18-8-11-4-3-5-12(14(11)16)15(17)19-20/h3-7,10,18,20H,8H2,1-2H3,(H2,17,19). The topological polar surface area (TPSA) is 83.8 Å². The van der Waals surface area contributed by atoms with E-state index >= 15 is 0 Å². The van der Waals surface area contributed by atoms with Crippen LogP contribution in [0, 0.1) is 12.7 Å². The van der Waals surface area contributed by atoms with Gasteiger partial charge in [0.05, 0.1) is 11.6 Å². The van der Waals surface area contributed by atoms with Gasteiger partial charge in [-0.2, -0.15) is 0 Å². The van der Waals surface area contributed by atoms with Gasteiger partial charge in [-0.05, 0) is 32.0 Å². The quantitative estimate of drug-likeness (QED) is 0.342. The highest BCUT2D eigenvalue weighted by Gasteiger charge is 2.13. The lowest BCUT2D eigenvalue weighted by atomic mass is 10.1. The zero-order chi connectivity index (χ0) is 15.4. The van der Waals surface area contributed by atoms with E-state index in [4.69, 9.17) is 15.4 Å². The number of nitrogens with one attached hydrogen (secondary N) is 1. The molecule has 0 spiro atoms. The zero-order valence-corrected chi connectivity index (χ0v) is 11.9. The molecule has 1 atom stereocenters. The summed E-state index contributed by atoms with van der Waals surface area (Å²) in [4.78, 5) is 0. The highest BCUT2D eigenvalue weighted by molar-refractivity contribution is 5.97. The molecular formula is C15H18FN3O2. The highest BCUT2D eigenvalue weighted by atomic mass is 19.1. The molecule has 21 heavy (non-hydrogen) atoms. The Kier molecular flexibility index (Phi) is 4.59. The minimum atomic E-state index is -0.497. The van der Waals surface area contributed by atoms with Gasteiger partial charge in [0.2, 0.25) is 0 Å². The van der Waals surface area contributed by atoms with Crippen LogP contribution < -0.4 is 11.1 Å².